The molecule has 0 aliphatic rings. The fraction of sp³-hybridized carbons (Fsp3) is 0.136. The van der Waals surface area contributed by atoms with Crippen molar-refractivity contribution in [3.8, 4) is 5.75 Å². The van der Waals surface area contributed by atoms with Gasteiger partial charge in [0.05, 0.1) is 0 Å². The highest BCUT2D eigenvalue weighted by atomic mass is 16.5. The van der Waals surface area contributed by atoms with Crippen LogP contribution in [0.5, 0.6) is 5.75 Å². The Morgan fingerprint density at radius 1 is 0.929 bits per heavy atom. The summed E-state index contributed by atoms with van der Waals surface area (Å²) in [4.78, 5) is 28.7. The highest BCUT2D eigenvalue weighted by Crippen LogP contribution is 2.16. The van der Waals surface area contributed by atoms with E-state index in [2.05, 4.69) is 15.6 Å². The summed E-state index contributed by atoms with van der Waals surface area (Å²) >= 11 is 0. The molecular weight excluding hydrogens is 354 g/mol. The predicted molar refractivity (Wildman–Crippen MR) is 109 cm³/mol. The minimum absolute atomic E-state index is 0.272. The molecule has 1 heterocycles. The lowest BCUT2D eigenvalue weighted by molar-refractivity contribution is -0.122. The van der Waals surface area contributed by atoms with Crippen LogP contribution in [-0.2, 0) is 4.79 Å². The maximum atomic E-state index is 12.4. The van der Waals surface area contributed by atoms with E-state index in [0.29, 0.717) is 22.7 Å². The Morgan fingerprint density at radius 2 is 1.68 bits per heavy atom. The quantitative estimate of drug-likeness (QED) is 0.681. The predicted octanol–water partition coefficient (Wildman–Crippen LogP) is 4.05. The zero-order chi connectivity index (χ0) is 19.9. The number of ether oxygens (including phenoxy) is 1. The van der Waals surface area contributed by atoms with Crippen molar-refractivity contribution in [3.63, 3.8) is 0 Å². The van der Waals surface area contributed by atoms with Crippen molar-refractivity contribution < 1.29 is 14.3 Å². The van der Waals surface area contributed by atoms with E-state index in [1.807, 2.05) is 25.1 Å². The van der Waals surface area contributed by atoms with Crippen molar-refractivity contribution in [2.75, 3.05) is 10.6 Å². The minimum atomic E-state index is -0.684. The van der Waals surface area contributed by atoms with E-state index in [1.165, 1.54) is 0 Å². The average molecular weight is 375 g/mol. The lowest BCUT2D eigenvalue weighted by atomic mass is 10.1. The molecule has 3 aromatic rings. The first-order chi connectivity index (χ1) is 13.5. The van der Waals surface area contributed by atoms with Gasteiger partial charge in [0.2, 0.25) is 0 Å². The summed E-state index contributed by atoms with van der Waals surface area (Å²) in [6.07, 6.45) is 2.51. The third kappa shape index (κ3) is 5.17. The minimum Gasteiger partial charge on any atom is -0.481 e. The molecule has 1 unspecified atom stereocenters. The molecule has 1 atom stereocenters. The number of pyridine rings is 1. The number of carbonyl (C=O) groups excluding carboxylic acids is 2. The topological polar surface area (TPSA) is 80.3 Å². The molecule has 0 aliphatic heterocycles. The van der Waals surface area contributed by atoms with Gasteiger partial charge in [-0.05, 0) is 61.9 Å². The van der Waals surface area contributed by atoms with Crippen LogP contribution in [0.4, 0.5) is 11.4 Å². The van der Waals surface area contributed by atoms with Crippen LogP contribution in [-0.4, -0.2) is 22.9 Å². The number of aromatic nitrogens is 1. The molecule has 0 saturated carbocycles. The molecule has 3 rings (SSSR count). The summed E-state index contributed by atoms with van der Waals surface area (Å²) in [6.45, 7) is 3.64. The molecule has 0 saturated heterocycles. The third-order valence-corrected chi connectivity index (χ3v) is 4.00. The SMILES string of the molecule is Cc1cccc(OC(C)C(=O)Nc2cccc(C(=O)Nc3ccncc3)c2)c1. The molecule has 0 radical (unpaired) electrons. The molecule has 142 valence electrons. The highest BCUT2D eigenvalue weighted by molar-refractivity contribution is 6.05. The average Bonchev–Trinajstić information content (AvgIpc) is 2.69. The number of benzene rings is 2. The molecule has 0 aliphatic carbocycles. The second kappa shape index (κ2) is 8.81. The first-order valence-corrected chi connectivity index (χ1v) is 8.87. The van der Waals surface area contributed by atoms with Crippen LogP contribution < -0.4 is 15.4 Å². The van der Waals surface area contributed by atoms with Gasteiger partial charge in [0.25, 0.3) is 11.8 Å². The van der Waals surface area contributed by atoms with Gasteiger partial charge in [0, 0.05) is 29.3 Å². The summed E-state index contributed by atoms with van der Waals surface area (Å²) < 4.78 is 5.69. The number of rotatable bonds is 6. The number of nitrogens with zero attached hydrogens (tertiary/aromatic N) is 1. The Kier molecular flexibility index (Phi) is 6.01. The maximum absolute atomic E-state index is 12.4. The van der Waals surface area contributed by atoms with Crippen LogP contribution in [0.1, 0.15) is 22.8 Å². The number of carbonyl (C=O) groups is 2. The monoisotopic (exact) mass is 375 g/mol. The largest absolute Gasteiger partial charge is 0.481 e. The Bertz CT molecular complexity index is 974. The number of hydrogen-bond acceptors (Lipinski definition) is 4. The molecule has 0 fully saturated rings. The van der Waals surface area contributed by atoms with Gasteiger partial charge in [-0.25, -0.2) is 0 Å². The van der Waals surface area contributed by atoms with E-state index in [9.17, 15) is 9.59 Å². The lowest BCUT2D eigenvalue weighted by Crippen LogP contribution is -2.30. The smallest absolute Gasteiger partial charge is 0.265 e. The zero-order valence-corrected chi connectivity index (χ0v) is 15.7. The van der Waals surface area contributed by atoms with Crippen molar-refractivity contribution in [2.45, 2.75) is 20.0 Å². The molecule has 6 nitrogen and oxygen atoms in total. The third-order valence-electron chi connectivity index (χ3n) is 4.00. The normalized spacial score (nSPS) is 11.4. The molecule has 6 heteroatoms. The second-order valence-electron chi connectivity index (χ2n) is 6.34. The highest BCUT2D eigenvalue weighted by Gasteiger charge is 2.16. The number of hydrogen-bond donors (Lipinski definition) is 2. The van der Waals surface area contributed by atoms with Gasteiger partial charge >= 0.3 is 0 Å². The summed E-state index contributed by atoms with van der Waals surface area (Å²) in [5, 5.41) is 5.56. The van der Waals surface area contributed by atoms with Gasteiger partial charge < -0.3 is 15.4 Å². The Hall–Kier alpha value is -3.67. The van der Waals surface area contributed by atoms with Gasteiger partial charge in [-0.1, -0.05) is 18.2 Å². The van der Waals surface area contributed by atoms with Crippen LogP contribution >= 0.6 is 0 Å². The standard InChI is InChI=1S/C22H21N3O3/c1-15-5-3-8-20(13-15)28-16(2)21(26)25-19-7-4-6-17(14-19)22(27)24-18-9-11-23-12-10-18/h3-14,16H,1-2H3,(H,25,26)(H,23,24,27). The molecular formula is C22H21N3O3. The number of aryl methyl sites for hydroxylation is 1. The van der Waals surface area contributed by atoms with Crippen LogP contribution in [0.2, 0.25) is 0 Å². The van der Waals surface area contributed by atoms with Crippen LogP contribution in [0, 0.1) is 6.92 Å². The molecule has 0 spiro atoms. The van der Waals surface area contributed by atoms with Crippen LogP contribution in [0.15, 0.2) is 73.1 Å². The summed E-state index contributed by atoms with van der Waals surface area (Å²) in [7, 11) is 0. The van der Waals surface area contributed by atoms with Crippen molar-refractivity contribution in [1.82, 2.24) is 4.98 Å². The first kappa shape index (κ1) is 19.1. The van der Waals surface area contributed by atoms with Gasteiger partial charge in [0.15, 0.2) is 6.10 Å². The molecule has 2 N–H and O–H groups in total. The Labute approximate surface area is 163 Å². The molecule has 0 bridgehead atoms. The van der Waals surface area contributed by atoms with Crippen molar-refractivity contribution >= 4 is 23.2 Å². The summed E-state index contributed by atoms with van der Waals surface area (Å²) in [6, 6.07) is 17.6. The number of nitrogens with one attached hydrogen (secondary N) is 2. The van der Waals surface area contributed by atoms with E-state index >= 15 is 0 Å². The molecule has 28 heavy (non-hydrogen) atoms. The van der Waals surface area contributed by atoms with E-state index in [4.69, 9.17) is 4.74 Å². The van der Waals surface area contributed by atoms with Gasteiger partial charge in [-0.2, -0.15) is 0 Å². The van der Waals surface area contributed by atoms with Crippen LogP contribution in [0.3, 0.4) is 0 Å². The van der Waals surface area contributed by atoms with Crippen molar-refractivity contribution in [3.05, 3.63) is 84.2 Å². The Balaban J connectivity index is 1.63. The second-order valence-corrected chi connectivity index (χ2v) is 6.34. The fourth-order valence-electron chi connectivity index (χ4n) is 2.57. The fourth-order valence-corrected chi connectivity index (χ4v) is 2.57. The molecule has 1 aromatic heterocycles. The Morgan fingerprint density at radius 3 is 2.43 bits per heavy atom. The molecule has 2 amide bonds. The maximum Gasteiger partial charge on any atom is 0.265 e. The van der Waals surface area contributed by atoms with E-state index in [1.54, 1.807) is 61.8 Å². The van der Waals surface area contributed by atoms with Crippen LogP contribution in [0.25, 0.3) is 0 Å². The lowest BCUT2D eigenvalue weighted by Gasteiger charge is -2.15. The van der Waals surface area contributed by atoms with E-state index in [-0.39, 0.29) is 11.8 Å². The van der Waals surface area contributed by atoms with Gasteiger partial charge in [-0.3, -0.25) is 14.6 Å². The van der Waals surface area contributed by atoms with E-state index < -0.39 is 6.10 Å². The number of amides is 2. The van der Waals surface area contributed by atoms with Gasteiger partial charge in [-0.15, -0.1) is 0 Å². The zero-order valence-electron chi connectivity index (χ0n) is 15.7. The van der Waals surface area contributed by atoms with Crippen molar-refractivity contribution in [1.29, 1.82) is 0 Å². The van der Waals surface area contributed by atoms with Crippen molar-refractivity contribution in [2.24, 2.45) is 0 Å². The number of anilines is 2. The van der Waals surface area contributed by atoms with E-state index in [0.717, 1.165) is 5.56 Å². The summed E-state index contributed by atoms with van der Waals surface area (Å²) in [5.74, 6) is 0.0627. The van der Waals surface area contributed by atoms with Gasteiger partial charge in [0.1, 0.15) is 5.75 Å². The molecule has 2 aromatic carbocycles. The first-order valence-electron chi connectivity index (χ1n) is 8.87. The summed E-state index contributed by atoms with van der Waals surface area (Å²) in [5.41, 5.74) is 2.65.